The summed E-state index contributed by atoms with van der Waals surface area (Å²) in [6.07, 6.45) is 8.47. The van der Waals surface area contributed by atoms with Crippen molar-refractivity contribution in [2.45, 2.75) is 6.42 Å². The highest BCUT2D eigenvalue weighted by Crippen LogP contribution is 2.41. The number of benzene rings is 2. The van der Waals surface area contributed by atoms with Crippen molar-refractivity contribution in [2.75, 3.05) is 0 Å². The molecule has 4 heteroatoms. The molecule has 6 aromatic rings. The molecule has 0 atom stereocenters. The Morgan fingerprint density at radius 1 is 0.714 bits per heavy atom. The van der Waals surface area contributed by atoms with Crippen molar-refractivity contribution in [3.8, 4) is 11.1 Å². The molecule has 0 spiro atoms. The van der Waals surface area contributed by atoms with Gasteiger partial charge in [-0.15, -0.1) is 0 Å². The number of fused-ring (bicyclic) bond motifs is 11. The second-order valence-corrected chi connectivity index (χ2v) is 7.42. The summed E-state index contributed by atoms with van der Waals surface area (Å²) in [5, 5.41) is 3.53. The molecule has 0 N–H and O–H groups in total. The van der Waals surface area contributed by atoms with Gasteiger partial charge in [-0.3, -0.25) is 14.4 Å². The monoisotopic (exact) mass is 358 g/mol. The molecule has 0 fully saturated rings. The summed E-state index contributed by atoms with van der Waals surface area (Å²) in [7, 11) is 0. The summed E-state index contributed by atoms with van der Waals surface area (Å²) in [6.45, 7) is 0. The third-order valence-corrected chi connectivity index (χ3v) is 5.96. The first-order chi connectivity index (χ1) is 13.9. The van der Waals surface area contributed by atoms with Crippen LogP contribution in [0, 0.1) is 0 Å². The van der Waals surface area contributed by atoms with E-state index in [-0.39, 0.29) is 0 Å². The van der Waals surface area contributed by atoms with E-state index < -0.39 is 0 Å². The maximum Gasteiger partial charge on any atom is 0.146 e. The molecule has 2 aromatic carbocycles. The van der Waals surface area contributed by atoms with Gasteiger partial charge in [0.1, 0.15) is 11.2 Å². The highest BCUT2D eigenvalue weighted by atomic mass is 15.0. The highest BCUT2D eigenvalue weighted by Gasteiger charge is 2.21. The summed E-state index contributed by atoms with van der Waals surface area (Å²) < 4.78 is 2.24. The lowest BCUT2D eigenvalue weighted by Gasteiger charge is -2.11. The van der Waals surface area contributed by atoms with Gasteiger partial charge in [-0.25, -0.2) is 4.98 Å². The molecular formula is C24H14N4. The fraction of sp³-hybridized carbons (Fsp3) is 0.0417. The van der Waals surface area contributed by atoms with Crippen molar-refractivity contribution in [1.29, 1.82) is 0 Å². The topological polar surface area (TPSA) is 43.1 Å². The molecule has 0 saturated heterocycles. The zero-order chi connectivity index (χ0) is 18.2. The van der Waals surface area contributed by atoms with Gasteiger partial charge in [0.25, 0.3) is 0 Å². The van der Waals surface area contributed by atoms with E-state index in [0.29, 0.717) is 0 Å². The molecule has 1 aliphatic rings. The predicted octanol–water partition coefficient (Wildman–Crippen LogP) is 5.16. The molecular weight excluding hydrogens is 344 g/mol. The van der Waals surface area contributed by atoms with Gasteiger partial charge in [0.05, 0.1) is 17.2 Å². The Balaban J connectivity index is 1.75. The van der Waals surface area contributed by atoms with E-state index in [1.54, 1.807) is 0 Å². The van der Waals surface area contributed by atoms with Crippen LogP contribution < -0.4 is 0 Å². The first-order valence-corrected chi connectivity index (χ1v) is 9.41. The van der Waals surface area contributed by atoms with Crippen LogP contribution in [-0.2, 0) is 6.42 Å². The lowest BCUT2D eigenvalue weighted by atomic mass is 9.99. The van der Waals surface area contributed by atoms with E-state index >= 15 is 0 Å². The van der Waals surface area contributed by atoms with E-state index in [0.717, 1.165) is 39.4 Å². The number of aromatic nitrogens is 4. The molecule has 130 valence electrons. The van der Waals surface area contributed by atoms with E-state index in [1.807, 2.05) is 30.9 Å². The standard InChI is InChI=1S/C24H14N4/c1-2-4-16-14(3-1)9-15-10-18-19(11-17(15)16)24-27-21-13-26-8-6-23(21)28(24)22-5-7-25-12-20(18)22/h1-8,10-13H,9H2. The van der Waals surface area contributed by atoms with Crippen molar-refractivity contribution in [3.05, 3.63) is 84.4 Å². The molecule has 4 nitrogen and oxygen atoms in total. The highest BCUT2D eigenvalue weighted by molar-refractivity contribution is 6.15. The predicted molar refractivity (Wildman–Crippen MR) is 112 cm³/mol. The zero-order valence-electron chi connectivity index (χ0n) is 14.9. The normalized spacial score (nSPS) is 12.9. The van der Waals surface area contributed by atoms with Gasteiger partial charge in [-0.2, -0.15) is 0 Å². The molecule has 0 bridgehead atoms. The average Bonchev–Trinajstić information content (AvgIpc) is 3.31. The third-order valence-electron chi connectivity index (χ3n) is 5.96. The van der Waals surface area contributed by atoms with E-state index in [2.05, 4.69) is 56.8 Å². The van der Waals surface area contributed by atoms with Crippen LogP contribution >= 0.6 is 0 Å². The molecule has 28 heavy (non-hydrogen) atoms. The Morgan fingerprint density at radius 2 is 1.57 bits per heavy atom. The SMILES string of the molecule is c1ccc2c(c1)Cc1cc3c4cnccc4n4c5ccncc5nc4c3cc1-2. The van der Waals surface area contributed by atoms with Crippen molar-refractivity contribution in [1.82, 2.24) is 19.4 Å². The second-order valence-electron chi connectivity index (χ2n) is 7.42. The molecule has 4 aromatic heterocycles. The van der Waals surface area contributed by atoms with Crippen LogP contribution in [-0.4, -0.2) is 19.4 Å². The Kier molecular flexibility index (Phi) is 2.51. The first-order valence-electron chi connectivity index (χ1n) is 9.41. The van der Waals surface area contributed by atoms with Crippen LogP contribution in [0.25, 0.3) is 49.5 Å². The minimum absolute atomic E-state index is 0.911. The van der Waals surface area contributed by atoms with Crippen LogP contribution in [0.1, 0.15) is 11.1 Å². The molecule has 0 saturated carbocycles. The largest absolute Gasteiger partial charge is 0.291 e. The molecule has 0 aliphatic heterocycles. The van der Waals surface area contributed by atoms with Crippen LogP contribution in [0.2, 0.25) is 0 Å². The van der Waals surface area contributed by atoms with Gasteiger partial charge in [0, 0.05) is 29.4 Å². The molecule has 1 aliphatic carbocycles. The lowest BCUT2D eigenvalue weighted by molar-refractivity contribution is 1.26. The van der Waals surface area contributed by atoms with E-state index in [1.165, 1.54) is 27.6 Å². The quantitative estimate of drug-likeness (QED) is 0.352. The van der Waals surface area contributed by atoms with Gasteiger partial charge in [-0.05, 0) is 58.3 Å². The number of rotatable bonds is 0. The number of nitrogens with zero attached hydrogens (tertiary/aromatic N) is 4. The van der Waals surface area contributed by atoms with Crippen molar-refractivity contribution in [2.24, 2.45) is 0 Å². The van der Waals surface area contributed by atoms with Crippen LogP contribution in [0.4, 0.5) is 0 Å². The number of hydrogen-bond acceptors (Lipinski definition) is 3. The van der Waals surface area contributed by atoms with Gasteiger partial charge in [-0.1, -0.05) is 24.3 Å². The summed E-state index contributed by atoms with van der Waals surface area (Å²) in [5.41, 5.74) is 9.51. The van der Waals surface area contributed by atoms with Crippen molar-refractivity contribution >= 4 is 38.4 Å². The molecule has 0 unspecified atom stereocenters. The number of pyridine rings is 3. The average molecular weight is 358 g/mol. The summed E-state index contributed by atoms with van der Waals surface area (Å²) >= 11 is 0. The minimum Gasteiger partial charge on any atom is -0.291 e. The van der Waals surface area contributed by atoms with Crippen LogP contribution in [0.3, 0.4) is 0 Å². The zero-order valence-corrected chi connectivity index (χ0v) is 14.9. The van der Waals surface area contributed by atoms with Gasteiger partial charge in [0.15, 0.2) is 0 Å². The summed E-state index contributed by atoms with van der Waals surface area (Å²) in [4.78, 5) is 13.6. The van der Waals surface area contributed by atoms with Crippen LogP contribution in [0.15, 0.2) is 73.3 Å². The number of hydrogen-bond donors (Lipinski definition) is 0. The van der Waals surface area contributed by atoms with Crippen LogP contribution in [0.5, 0.6) is 0 Å². The third kappa shape index (κ3) is 1.68. The maximum atomic E-state index is 4.95. The fourth-order valence-electron chi connectivity index (χ4n) is 4.74. The van der Waals surface area contributed by atoms with Gasteiger partial charge in [0.2, 0.25) is 0 Å². The Morgan fingerprint density at radius 3 is 2.54 bits per heavy atom. The summed E-state index contributed by atoms with van der Waals surface area (Å²) in [6, 6.07) is 17.5. The van der Waals surface area contributed by atoms with E-state index in [9.17, 15) is 0 Å². The lowest BCUT2D eigenvalue weighted by Crippen LogP contribution is -1.93. The first kappa shape index (κ1) is 14.3. The minimum atomic E-state index is 0.911. The van der Waals surface area contributed by atoms with Gasteiger partial charge < -0.3 is 0 Å². The van der Waals surface area contributed by atoms with Crippen molar-refractivity contribution in [3.63, 3.8) is 0 Å². The number of imidazole rings is 1. The molecule has 7 rings (SSSR count). The maximum absolute atomic E-state index is 4.95. The fourth-order valence-corrected chi connectivity index (χ4v) is 4.74. The molecule has 4 heterocycles. The molecule has 0 radical (unpaired) electrons. The Hall–Kier alpha value is -3.79. The Bertz CT molecular complexity index is 1590. The summed E-state index contributed by atoms with van der Waals surface area (Å²) in [5.74, 6) is 0. The van der Waals surface area contributed by atoms with E-state index in [4.69, 9.17) is 4.98 Å². The molecule has 0 amide bonds. The Labute approximate surface area is 160 Å². The smallest absolute Gasteiger partial charge is 0.146 e. The van der Waals surface area contributed by atoms with Crippen molar-refractivity contribution < 1.29 is 0 Å². The second kappa shape index (κ2) is 4.93. The van der Waals surface area contributed by atoms with Gasteiger partial charge >= 0.3 is 0 Å².